The molecule has 0 aliphatic rings. The molecule has 2 aromatic carbocycles. The van der Waals surface area contributed by atoms with Gasteiger partial charge in [-0.15, -0.1) is 12.4 Å². The largest absolute Gasteiger partial charge is 0.431 e. The van der Waals surface area contributed by atoms with Crippen LogP contribution in [0.1, 0.15) is 5.69 Å². The fraction of sp³-hybridized carbons (Fsp3) is 0.0400. The van der Waals surface area contributed by atoms with Gasteiger partial charge >= 0.3 is 0 Å². The average molecular weight is 495 g/mol. The second-order valence-electron chi connectivity index (χ2n) is 7.15. The summed E-state index contributed by atoms with van der Waals surface area (Å²) in [6, 6.07) is 25.7. The Bertz CT molecular complexity index is 1350. The van der Waals surface area contributed by atoms with Crippen molar-refractivity contribution in [3.63, 3.8) is 0 Å². The van der Waals surface area contributed by atoms with Crippen LogP contribution in [0.25, 0.3) is 22.5 Å². The van der Waals surface area contributed by atoms with Gasteiger partial charge in [-0.3, -0.25) is 0 Å². The summed E-state index contributed by atoms with van der Waals surface area (Å²) in [5.41, 5.74) is 10.9. The third-order valence-corrected chi connectivity index (χ3v) is 6.02. The molecule has 8 heteroatoms. The van der Waals surface area contributed by atoms with Gasteiger partial charge in [0.05, 0.1) is 17.9 Å². The van der Waals surface area contributed by atoms with E-state index in [-0.39, 0.29) is 12.4 Å². The van der Waals surface area contributed by atoms with Crippen LogP contribution in [0.4, 0.5) is 5.82 Å². The van der Waals surface area contributed by atoms with E-state index in [1.165, 1.54) is 11.3 Å². The zero-order valence-corrected chi connectivity index (χ0v) is 19.8. The lowest BCUT2D eigenvalue weighted by Crippen LogP contribution is -2.06. The molecule has 0 bridgehead atoms. The number of rotatable bonds is 6. The number of ether oxygens (including phenoxy) is 1. The first-order valence-electron chi connectivity index (χ1n) is 10.0. The SMILES string of the molecule is Cl.Nc1cccc(Cn2c(-c3ccc(Oc4nccs4)cc3)ccc2-c2ccccc2Cl)n1. The molecule has 2 N–H and O–H groups in total. The Morgan fingerprint density at radius 1 is 0.909 bits per heavy atom. The van der Waals surface area contributed by atoms with Gasteiger partial charge < -0.3 is 15.0 Å². The van der Waals surface area contributed by atoms with Crippen LogP contribution in [-0.4, -0.2) is 14.5 Å². The lowest BCUT2D eigenvalue weighted by molar-refractivity contribution is 0.479. The van der Waals surface area contributed by atoms with Crippen LogP contribution in [0.2, 0.25) is 5.02 Å². The molecule has 0 aliphatic carbocycles. The van der Waals surface area contributed by atoms with E-state index in [4.69, 9.17) is 22.1 Å². The highest BCUT2D eigenvalue weighted by Crippen LogP contribution is 2.34. The fourth-order valence-electron chi connectivity index (χ4n) is 3.60. The van der Waals surface area contributed by atoms with Crippen molar-refractivity contribution in [2.75, 3.05) is 5.73 Å². The van der Waals surface area contributed by atoms with Gasteiger partial charge in [-0.1, -0.05) is 47.2 Å². The first-order chi connectivity index (χ1) is 15.7. The molecule has 5 rings (SSSR count). The molecule has 0 amide bonds. The lowest BCUT2D eigenvalue weighted by atomic mass is 10.1. The molecule has 0 saturated heterocycles. The van der Waals surface area contributed by atoms with Crippen molar-refractivity contribution in [1.82, 2.24) is 14.5 Å². The van der Waals surface area contributed by atoms with E-state index in [9.17, 15) is 0 Å². The predicted octanol–water partition coefficient (Wildman–Crippen LogP) is 7.17. The van der Waals surface area contributed by atoms with Gasteiger partial charge in [-0.2, -0.15) is 0 Å². The Hall–Kier alpha value is -3.32. The number of thiazole rings is 1. The van der Waals surface area contributed by atoms with Crippen LogP contribution in [0, 0.1) is 0 Å². The van der Waals surface area contributed by atoms with Crippen molar-refractivity contribution in [3.8, 4) is 33.5 Å². The highest BCUT2D eigenvalue weighted by atomic mass is 35.5. The third kappa shape index (κ3) is 5.03. The van der Waals surface area contributed by atoms with Gasteiger partial charge in [0.15, 0.2) is 0 Å². The van der Waals surface area contributed by atoms with Crippen LogP contribution in [0.15, 0.2) is 90.4 Å². The fourth-order valence-corrected chi connectivity index (χ4v) is 4.33. The zero-order chi connectivity index (χ0) is 21.9. The van der Waals surface area contributed by atoms with Gasteiger partial charge in [-0.05, 0) is 60.2 Å². The first-order valence-corrected chi connectivity index (χ1v) is 11.3. The summed E-state index contributed by atoms with van der Waals surface area (Å²) in [5, 5.41) is 3.21. The van der Waals surface area contributed by atoms with E-state index < -0.39 is 0 Å². The molecule has 0 saturated carbocycles. The molecule has 0 atom stereocenters. The molecule has 0 aliphatic heterocycles. The molecular formula is C25H20Cl2N4OS. The molecule has 3 heterocycles. The van der Waals surface area contributed by atoms with E-state index in [1.54, 1.807) is 12.3 Å². The minimum atomic E-state index is 0. The Labute approximate surface area is 206 Å². The number of halogens is 2. The number of benzene rings is 2. The molecule has 0 unspecified atom stereocenters. The lowest BCUT2D eigenvalue weighted by Gasteiger charge is -2.15. The second kappa shape index (κ2) is 10.1. The highest BCUT2D eigenvalue weighted by molar-refractivity contribution is 7.11. The normalized spacial score (nSPS) is 10.6. The quantitative estimate of drug-likeness (QED) is 0.271. The van der Waals surface area contributed by atoms with Crippen molar-refractivity contribution in [2.24, 2.45) is 0 Å². The van der Waals surface area contributed by atoms with Gasteiger partial charge in [0.2, 0.25) is 0 Å². The average Bonchev–Trinajstić information content (AvgIpc) is 3.45. The van der Waals surface area contributed by atoms with E-state index in [0.717, 1.165) is 34.0 Å². The number of nitrogens with two attached hydrogens (primary N) is 1. The van der Waals surface area contributed by atoms with E-state index >= 15 is 0 Å². The minimum absolute atomic E-state index is 0. The highest BCUT2D eigenvalue weighted by Gasteiger charge is 2.15. The Morgan fingerprint density at radius 2 is 1.70 bits per heavy atom. The Morgan fingerprint density at radius 3 is 2.42 bits per heavy atom. The van der Waals surface area contributed by atoms with Crippen molar-refractivity contribution in [3.05, 3.63) is 101 Å². The molecular weight excluding hydrogens is 475 g/mol. The predicted molar refractivity (Wildman–Crippen MR) is 138 cm³/mol. The Balaban J connectivity index is 0.00000259. The molecule has 5 aromatic rings. The molecule has 166 valence electrons. The van der Waals surface area contributed by atoms with Gasteiger partial charge in [0.1, 0.15) is 11.6 Å². The Kier molecular flexibility index (Phi) is 6.99. The number of anilines is 1. The van der Waals surface area contributed by atoms with Crippen LogP contribution >= 0.6 is 35.3 Å². The molecule has 3 aromatic heterocycles. The summed E-state index contributed by atoms with van der Waals surface area (Å²) in [6.07, 6.45) is 1.72. The third-order valence-electron chi connectivity index (χ3n) is 5.04. The molecule has 33 heavy (non-hydrogen) atoms. The summed E-state index contributed by atoms with van der Waals surface area (Å²) in [4.78, 5) is 8.66. The van der Waals surface area contributed by atoms with Gasteiger partial charge in [0.25, 0.3) is 5.19 Å². The number of hydrogen-bond donors (Lipinski definition) is 1. The van der Waals surface area contributed by atoms with E-state index in [0.29, 0.717) is 22.6 Å². The first kappa shape index (κ1) is 22.9. The minimum Gasteiger partial charge on any atom is -0.431 e. The summed E-state index contributed by atoms with van der Waals surface area (Å²) < 4.78 is 8.01. The summed E-state index contributed by atoms with van der Waals surface area (Å²) >= 11 is 7.99. The standard InChI is InChI=1S/C25H19ClN4OS.ClH/c26-21-6-2-1-5-20(21)23-13-12-22(30(23)16-18-4-3-7-24(27)29-18)17-8-10-19(11-9-17)31-25-28-14-15-32-25;/h1-15H,16H2,(H2,27,29);1H. The van der Waals surface area contributed by atoms with Crippen LogP contribution in [0.5, 0.6) is 10.9 Å². The summed E-state index contributed by atoms with van der Waals surface area (Å²) in [7, 11) is 0. The summed E-state index contributed by atoms with van der Waals surface area (Å²) in [5.74, 6) is 1.24. The van der Waals surface area contributed by atoms with E-state index in [2.05, 4.69) is 26.7 Å². The van der Waals surface area contributed by atoms with Crippen molar-refractivity contribution in [1.29, 1.82) is 0 Å². The second-order valence-corrected chi connectivity index (χ2v) is 8.41. The molecule has 5 nitrogen and oxygen atoms in total. The smallest absolute Gasteiger partial charge is 0.278 e. The van der Waals surface area contributed by atoms with Crippen molar-refractivity contribution < 1.29 is 4.74 Å². The number of pyridine rings is 1. The molecule has 0 radical (unpaired) electrons. The summed E-state index contributed by atoms with van der Waals surface area (Å²) in [6.45, 7) is 0.561. The number of hydrogen-bond acceptors (Lipinski definition) is 5. The van der Waals surface area contributed by atoms with Crippen molar-refractivity contribution in [2.45, 2.75) is 6.54 Å². The number of nitrogen functional groups attached to an aromatic ring is 1. The van der Waals surface area contributed by atoms with Crippen LogP contribution in [-0.2, 0) is 6.54 Å². The maximum Gasteiger partial charge on any atom is 0.278 e. The monoisotopic (exact) mass is 494 g/mol. The number of nitrogens with zero attached hydrogens (tertiary/aromatic N) is 3. The maximum absolute atomic E-state index is 6.53. The molecule has 0 spiro atoms. The number of aromatic nitrogens is 3. The van der Waals surface area contributed by atoms with Crippen LogP contribution < -0.4 is 10.5 Å². The van der Waals surface area contributed by atoms with Crippen molar-refractivity contribution >= 4 is 41.2 Å². The topological polar surface area (TPSA) is 66.0 Å². The molecule has 0 fully saturated rings. The van der Waals surface area contributed by atoms with Gasteiger partial charge in [-0.25, -0.2) is 9.97 Å². The van der Waals surface area contributed by atoms with Crippen LogP contribution in [0.3, 0.4) is 0 Å². The van der Waals surface area contributed by atoms with E-state index in [1.807, 2.05) is 66.0 Å². The zero-order valence-electron chi connectivity index (χ0n) is 17.4. The van der Waals surface area contributed by atoms with Gasteiger partial charge in [0, 0.05) is 27.9 Å². The maximum atomic E-state index is 6.53.